The fourth-order valence-corrected chi connectivity index (χ4v) is 5.02. The molecule has 0 unspecified atom stereocenters. The Bertz CT molecular complexity index is 1740. The molecule has 0 atom stereocenters. The second-order valence-electron chi connectivity index (χ2n) is 8.98. The summed E-state index contributed by atoms with van der Waals surface area (Å²) in [6, 6.07) is 18.0. The van der Waals surface area contributed by atoms with Crippen LogP contribution in [0.25, 0.3) is 39.0 Å². The minimum absolute atomic E-state index is 0.624. The Morgan fingerprint density at radius 3 is 2.59 bits per heavy atom. The number of nitrogen functional groups attached to an aromatic ring is 1. The Kier molecular flexibility index (Phi) is 7.39. The molecule has 2 aromatic carbocycles. The average molecular weight is 528 g/mol. The number of benzene rings is 2. The van der Waals surface area contributed by atoms with E-state index in [1.807, 2.05) is 73.1 Å². The highest BCUT2D eigenvalue weighted by Crippen LogP contribution is 2.33. The van der Waals surface area contributed by atoms with Crippen LogP contribution in [0, 0.1) is 0 Å². The molecule has 5 nitrogen and oxygen atoms in total. The van der Waals surface area contributed by atoms with Crippen molar-refractivity contribution in [2.45, 2.75) is 6.92 Å². The van der Waals surface area contributed by atoms with Crippen LogP contribution in [-0.2, 0) is 0 Å². The van der Waals surface area contributed by atoms with E-state index in [0.29, 0.717) is 17.1 Å². The highest BCUT2D eigenvalue weighted by molar-refractivity contribution is 7.08. The van der Waals surface area contributed by atoms with E-state index < -0.39 is 0 Å². The highest BCUT2D eigenvalue weighted by Gasteiger charge is 2.15. The van der Waals surface area contributed by atoms with Gasteiger partial charge in [-0.1, -0.05) is 62.2 Å². The Labute approximate surface area is 232 Å². The van der Waals surface area contributed by atoms with Crippen LogP contribution in [-0.4, -0.2) is 15.0 Å². The lowest BCUT2D eigenvalue weighted by Crippen LogP contribution is -2.09. The Hall–Kier alpha value is -4.94. The third-order valence-corrected chi connectivity index (χ3v) is 7.17. The van der Waals surface area contributed by atoms with Crippen LogP contribution in [0.2, 0.25) is 0 Å². The molecule has 0 spiro atoms. The van der Waals surface area contributed by atoms with Gasteiger partial charge < -0.3 is 16.0 Å². The minimum Gasteiger partial charge on any atom is -0.398 e. The number of nitrogens with one attached hydrogen (secondary N) is 2. The van der Waals surface area contributed by atoms with Crippen LogP contribution in [0.3, 0.4) is 0 Å². The van der Waals surface area contributed by atoms with Crippen molar-refractivity contribution in [1.82, 2.24) is 20.3 Å². The number of nitrogens with two attached hydrogens (primary N) is 1. The first-order valence-corrected chi connectivity index (χ1v) is 13.4. The molecule has 0 saturated carbocycles. The fourth-order valence-electron chi connectivity index (χ4n) is 4.36. The summed E-state index contributed by atoms with van der Waals surface area (Å²) in [7, 11) is 0. The van der Waals surface area contributed by atoms with Gasteiger partial charge in [0.2, 0.25) is 0 Å². The number of hydrogen-bond acceptors (Lipinski definition) is 5. The first-order valence-electron chi connectivity index (χ1n) is 12.5. The molecule has 0 amide bonds. The summed E-state index contributed by atoms with van der Waals surface area (Å²) in [5.41, 5.74) is 17.0. The molecule has 0 aliphatic heterocycles. The van der Waals surface area contributed by atoms with Gasteiger partial charge in [-0.15, -0.1) is 0 Å². The Morgan fingerprint density at radius 1 is 1.05 bits per heavy atom. The minimum atomic E-state index is 0.624. The lowest BCUT2D eigenvalue weighted by Gasteiger charge is -2.14. The monoisotopic (exact) mass is 527 g/mol. The number of rotatable bonds is 9. The lowest BCUT2D eigenvalue weighted by molar-refractivity contribution is 1.14. The normalized spacial score (nSPS) is 11.9. The van der Waals surface area contributed by atoms with Crippen LogP contribution in [0.15, 0.2) is 121 Å². The van der Waals surface area contributed by atoms with E-state index in [0.717, 1.165) is 55.8 Å². The lowest BCUT2D eigenvalue weighted by atomic mass is 9.97. The van der Waals surface area contributed by atoms with Crippen LogP contribution in [0.1, 0.15) is 29.4 Å². The zero-order valence-corrected chi connectivity index (χ0v) is 22.6. The highest BCUT2D eigenvalue weighted by atomic mass is 32.1. The van der Waals surface area contributed by atoms with Gasteiger partial charge in [-0.05, 0) is 70.3 Å². The van der Waals surface area contributed by atoms with Crippen LogP contribution in [0.4, 0.5) is 5.69 Å². The third kappa shape index (κ3) is 5.37. The van der Waals surface area contributed by atoms with Crippen molar-refractivity contribution < 1.29 is 0 Å². The van der Waals surface area contributed by atoms with Crippen LogP contribution >= 0.6 is 11.3 Å². The average Bonchev–Trinajstić information content (AvgIpc) is 3.66. The van der Waals surface area contributed by atoms with E-state index in [1.54, 1.807) is 23.6 Å². The molecule has 0 fully saturated rings. The number of aromatic amines is 1. The number of anilines is 1. The molecule has 0 bridgehead atoms. The van der Waals surface area contributed by atoms with E-state index in [1.165, 1.54) is 0 Å². The zero-order valence-electron chi connectivity index (χ0n) is 21.7. The number of hydrogen-bond donors (Lipinski definition) is 3. The molecule has 3 heterocycles. The van der Waals surface area contributed by atoms with Gasteiger partial charge in [-0.25, -0.2) is 4.98 Å². The molecular formula is C33H29N5S. The number of imidazole rings is 1. The number of nitrogens with zero attached hydrogens (tertiary/aromatic N) is 2. The molecule has 39 heavy (non-hydrogen) atoms. The van der Waals surface area contributed by atoms with Crippen molar-refractivity contribution >= 4 is 44.9 Å². The summed E-state index contributed by atoms with van der Waals surface area (Å²) in [6.45, 7) is 14.5. The molecule has 192 valence electrons. The van der Waals surface area contributed by atoms with E-state index in [4.69, 9.17) is 10.7 Å². The number of fused-ring (bicyclic) bond motifs is 1. The SMILES string of the molecule is C=C/C(=C\C(=C/C)c1ccc(N)c(C(=C)c2nc3c(-c4ccsc4)cncc3[nH]2)c1)NC(=C)c1ccccc1. The van der Waals surface area contributed by atoms with E-state index in [2.05, 4.69) is 52.5 Å². The molecule has 3 aromatic heterocycles. The maximum absolute atomic E-state index is 6.44. The van der Waals surface area contributed by atoms with Gasteiger partial charge in [0, 0.05) is 40.0 Å². The maximum atomic E-state index is 6.44. The van der Waals surface area contributed by atoms with Gasteiger partial charge in [0.05, 0.1) is 17.2 Å². The summed E-state index contributed by atoms with van der Waals surface area (Å²) in [6.07, 6.45) is 9.50. The Balaban J connectivity index is 1.46. The largest absolute Gasteiger partial charge is 0.398 e. The second kappa shape index (κ2) is 11.2. The topological polar surface area (TPSA) is 79.6 Å². The summed E-state index contributed by atoms with van der Waals surface area (Å²) in [4.78, 5) is 12.7. The van der Waals surface area contributed by atoms with Crippen LogP contribution < -0.4 is 11.1 Å². The number of pyridine rings is 1. The van der Waals surface area contributed by atoms with Gasteiger partial charge in [0.15, 0.2) is 0 Å². The summed E-state index contributed by atoms with van der Waals surface area (Å²) in [5, 5.41) is 7.51. The Morgan fingerprint density at radius 2 is 1.87 bits per heavy atom. The number of H-pyrrole nitrogens is 1. The number of aromatic nitrogens is 3. The first-order chi connectivity index (χ1) is 19.0. The maximum Gasteiger partial charge on any atom is 0.138 e. The van der Waals surface area contributed by atoms with Crippen LogP contribution in [0.5, 0.6) is 0 Å². The quantitative estimate of drug-likeness (QED) is 0.134. The molecule has 0 radical (unpaired) electrons. The third-order valence-electron chi connectivity index (χ3n) is 6.48. The predicted molar refractivity (Wildman–Crippen MR) is 167 cm³/mol. The van der Waals surface area contributed by atoms with E-state index in [-0.39, 0.29) is 0 Å². The molecule has 0 aliphatic carbocycles. The van der Waals surface area contributed by atoms with Crippen molar-refractivity contribution in [2.75, 3.05) is 5.73 Å². The molecule has 0 aliphatic rings. The van der Waals surface area contributed by atoms with E-state index >= 15 is 0 Å². The fraction of sp³-hybridized carbons (Fsp3) is 0.0303. The van der Waals surface area contributed by atoms with Crippen molar-refractivity contribution in [3.63, 3.8) is 0 Å². The molecular weight excluding hydrogens is 498 g/mol. The van der Waals surface area contributed by atoms with E-state index in [9.17, 15) is 0 Å². The summed E-state index contributed by atoms with van der Waals surface area (Å²) < 4.78 is 0. The van der Waals surface area contributed by atoms with Crippen molar-refractivity contribution in [3.05, 3.63) is 144 Å². The molecule has 6 heteroatoms. The zero-order chi connectivity index (χ0) is 27.4. The van der Waals surface area contributed by atoms with Gasteiger partial charge >= 0.3 is 0 Å². The first kappa shape index (κ1) is 25.7. The van der Waals surface area contributed by atoms with Crippen molar-refractivity contribution in [2.24, 2.45) is 0 Å². The molecule has 0 saturated heterocycles. The number of allylic oxidation sites excluding steroid dienone is 4. The smallest absolute Gasteiger partial charge is 0.138 e. The van der Waals surface area contributed by atoms with Gasteiger partial charge in [-0.3, -0.25) is 4.98 Å². The molecule has 5 rings (SSSR count). The predicted octanol–water partition coefficient (Wildman–Crippen LogP) is 8.06. The van der Waals surface area contributed by atoms with Gasteiger partial charge in [0.1, 0.15) is 5.82 Å². The number of thiophene rings is 1. The second-order valence-corrected chi connectivity index (χ2v) is 9.76. The standard InChI is InChI=1S/C33H29N5S/c1-5-23(16-27(6-2)36-22(4)24-10-8-7-9-11-24)25-12-13-30(34)28(17-25)21(3)33-37-31-19-35-18-29(32(31)38-33)26-14-15-39-20-26/h5-20,36H,2-4,34H2,1H3,(H,37,38)/b23-5+,27-16+. The van der Waals surface area contributed by atoms with Gasteiger partial charge in [0.25, 0.3) is 0 Å². The summed E-state index contributed by atoms with van der Waals surface area (Å²) >= 11 is 1.64. The molecule has 5 aromatic rings. The van der Waals surface area contributed by atoms with Crippen molar-refractivity contribution in [1.29, 1.82) is 0 Å². The summed E-state index contributed by atoms with van der Waals surface area (Å²) in [5.74, 6) is 0.656. The van der Waals surface area contributed by atoms with Crippen molar-refractivity contribution in [3.8, 4) is 11.1 Å². The molecule has 4 N–H and O–H groups in total. The van der Waals surface area contributed by atoms with Gasteiger partial charge in [-0.2, -0.15) is 11.3 Å².